The molecule has 312 valence electrons. The summed E-state index contributed by atoms with van der Waals surface area (Å²) in [7, 11) is -3.19. The molecule has 0 heterocycles. The summed E-state index contributed by atoms with van der Waals surface area (Å²) < 4.78 is 169. The van der Waals surface area contributed by atoms with Crippen molar-refractivity contribution in [2.75, 3.05) is 0 Å². The number of rotatable bonds is 7. The molecule has 0 aromatic heterocycles. The summed E-state index contributed by atoms with van der Waals surface area (Å²) in [5.41, 5.74) is -6.38. The minimum Gasteiger partial charge on any atom is -0.166 e. The van der Waals surface area contributed by atoms with E-state index in [0.717, 1.165) is 64.2 Å². The van der Waals surface area contributed by atoms with Gasteiger partial charge >= 0.3 is 24.7 Å². The van der Waals surface area contributed by atoms with Crippen LogP contribution < -0.4 is 10.6 Å². The molecule has 0 N–H and O–H groups in total. The fraction of sp³-hybridized carbons (Fsp3) is 0.700. The van der Waals surface area contributed by atoms with Crippen LogP contribution in [0.5, 0.6) is 0 Å². The van der Waals surface area contributed by atoms with Crippen molar-refractivity contribution in [3.8, 4) is 0 Å². The van der Waals surface area contributed by atoms with Gasteiger partial charge in [-0.1, -0.05) is 91.9 Å². The van der Waals surface area contributed by atoms with E-state index in [0.29, 0.717) is 48.4 Å². The maximum atomic E-state index is 14.1. The van der Waals surface area contributed by atoms with Crippen molar-refractivity contribution in [2.45, 2.75) is 170 Å². The van der Waals surface area contributed by atoms with Crippen LogP contribution in [0, 0.1) is 5.92 Å². The number of hydrogen-bond acceptors (Lipinski definition) is 0. The molecule has 2 aromatic rings. The van der Waals surface area contributed by atoms with E-state index in [4.69, 9.17) is 0 Å². The first-order valence-corrected chi connectivity index (χ1v) is 22.4. The molecular weight excluding hydrogens is 826 g/mol. The molecule has 0 spiro atoms. The van der Waals surface area contributed by atoms with Gasteiger partial charge < -0.3 is 0 Å². The van der Waals surface area contributed by atoms with Crippen LogP contribution in [0.15, 0.2) is 36.4 Å². The van der Waals surface area contributed by atoms with E-state index in [9.17, 15) is 52.7 Å². The van der Waals surface area contributed by atoms with Crippen molar-refractivity contribution in [3.05, 3.63) is 58.7 Å². The van der Waals surface area contributed by atoms with E-state index in [1.165, 1.54) is 32.1 Å². The summed E-state index contributed by atoms with van der Waals surface area (Å²) in [6, 6.07) is 1.95. The molecule has 0 radical (unpaired) electrons. The summed E-state index contributed by atoms with van der Waals surface area (Å²) in [4.78, 5) is 0. The molecule has 0 aliphatic heterocycles. The summed E-state index contributed by atoms with van der Waals surface area (Å²) in [5, 5.41) is -1.01. The van der Waals surface area contributed by atoms with Crippen LogP contribution in [0.2, 0.25) is 0 Å². The monoisotopic (exact) mass is 876 g/mol. The Balaban J connectivity index is 0.00000104. The molecule has 0 amide bonds. The van der Waals surface area contributed by atoms with Crippen molar-refractivity contribution in [1.29, 1.82) is 0 Å². The number of hydrogen-bond donors (Lipinski definition) is 0. The maximum absolute atomic E-state index is 14.1. The molecule has 6 rings (SSSR count). The van der Waals surface area contributed by atoms with Crippen LogP contribution >= 0.6 is 15.8 Å². The Morgan fingerprint density at radius 2 is 0.745 bits per heavy atom. The first-order valence-electron chi connectivity index (χ1n) is 19.4. The van der Waals surface area contributed by atoms with Crippen LogP contribution in [0.1, 0.15) is 145 Å². The predicted octanol–water partition coefficient (Wildman–Crippen LogP) is 14.8. The van der Waals surface area contributed by atoms with Gasteiger partial charge in [0.05, 0.1) is 22.3 Å². The topological polar surface area (TPSA) is 0 Å². The molecule has 4 fully saturated rings. The van der Waals surface area contributed by atoms with E-state index in [1.54, 1.807) is 0 Å². The van der Waals surface area contributed by atoms with Gasteiger partial charge in [-0.2, -0.15) is 52.7 Å². The molecule has 0 bridgehead atoms. The summed E-state index contributed by atoms with van der Waals surface area (Å²) in [6.45, 7) is 2.09. The van der Waals surface area contributed by atoms with E-state index in [2.05, 4.69) is 6.92 Å². The Morgan fingerprint density at radius 1 is 0.436 bits per heavy atom. The van der Waals surface area contributed by atoms with Crippen molar-refractivity contribution in [2.24, 2.45) is 5.92 Å². The Morgan fingerprint density at radius 3 is 1.05 bits per heavy atom. The SMILES string of the molecule is C1CCCC1.C[C@H](C1CCCC1P(c1cc(C(F)(F)F)cc(C(F)(F)F)c1)c1cc(C(F)(F)F)cc(C(F)(F)F)c1)P(C1CCCCC1)C1CCCCC1.[Fe]. The molecule has 4 aliphatic carbocycles. The van der Waals surface area contributed by atoms with Gasteiger partial charge in [0, 0.05) is 17.1 Å². The molecule has 2 aromatic carbocycles. The number of alkyl halides is 12. The summed E-state index contributed by atoms with van der Waals surface area (Å²) >= 11 is 0. The normalized spacial score (nSPS) is 22.7. The molecule has 55 heavy (non-hydrogen) atoms. The van der Waals surface area contributed by atoms with Gasteiger partial charge in [0.15, 0.2) is 0 Å². The second kappa shape index (κ2) is 19.4. The van der Waals surface area contributed by atoms with Crippen LogP contribution in [-0.2, 0) is 41.8 Å². The van der Waals surface area contributed by atoms with Crippen LogP contribution in [-0.4, -0.2) is 22.6 Å². The zero-order valence-electron chi connectivity index (χ0n) is 30.9. The summed E-state index contributed by atoms with van der Waals surface area (Å²) in [5.74, 6) is -0.270. The van der Waals surface area contributed by atoms with Gasteiger partial charge in [-0.15, -0.1) is 0 Å². The fourth-order valence-corrected chi connectivity index (χ4v) is 17.6. The average molecular weight is 877 g/mol. The Kier molecular flexibility index (Phi) is 16.4. The minimum absolute atomic E-state index is 0. The molecule has 2 unspecified atom stereocenters. The molecular formula is C40H50F12FeP2. The summed E-state index contributed by atoms with van der Waals surface area (Å²) in [6.07, 6.45) is -1.42. The predicted molar refractivity (Wildman–Crippen MR) is 193 cm³/mol. The number of benzene rings is 2. The maximum Gasteiger partial charge on any atom is 0.416 e. The zero-order valence-corrected chi connectivity index (χ0v) is 33.8. The molecule has 4 saturated carbocycles. The van der Waals surface area contributed by atoms with Crippen LogP contribution in [0.3, 0.4) is 0 Å². The Labute approximate surface area is 329 Å². The van der Waals surface area contributed by atoms with Gasteiger partial charge in [0.2, 0.25) is 0 Å². The van der Waals surface area contributed by atoms with Gasteiger partial charge in [0.1, 0.15) is 0 Å². The molecule has 0 saturated heterocycles. The minimum atomic E-state index is -5.24. The number of halogens is 12. The second-order valence-electron chi connectivity index (χ2n) is 15.6. The van der Waals surface area contributed by atoms with Gasteiger partial charge in [-0.05, 0) is 122 Å². The molecule has 4 aliphatic rings. The first-order chi connectivity index (χ1) is 25.2. The third kappa shape index (κ3) is 12.3. The Hall–Kier alpha value is -1.02. The van der Waals surface area contributed by atoms with Gasteiger partial charge in [-0.3, -0.25) is 0 Å². The molecule has 3 atom stereocenters. The third-order valence-electron chi connectivity index (χ3n) is 11.9. The average Bonchev–Trinajstić information content (AvgIpc) is 3.84. The third-order valence-corrected chi connectivity index (χ3v) is 18.9. The quantitative estimate of drug-likeness (QED) is 0.148. The van der Waals surface area contributed by atoms with Crippen LogP contribution in [0.25, 0.3) is 0 Å². The van der Waals surface area contributed by atoms with Crippen molar-refractivity contribution in [1.82, 2.24) is 0 Å². The van der Waals surface area contributed by atoms with E-state index in [1.807, 2.05) is 0 Å². The fourth-order valence-electron chi connectivity index (χ4n) is 9.37. The smallest absolute Gasteiger partial charge is 0.166 e. The molecule has 15 heteroatoms. The van der Waals surface area contributed by atoms with Crippen molar-refractivity contribution >= 4 is 26.5 Å². The van der Waals surface area contributed by atoms with E-state index >= 15 is 0 Å². The second-order valence-corrected chi connectivity index (χ2v) is 21.2. The molecule has 0 nitrogen and oxygen atoms in total. The Bertz CT molecular complexity index is 1340. The van der Waals surface area contributed by atoms with Gasteiger partial charge in [-0.25, -0.2) is 0 Å². The van der Waals surface area contributed by atoms with Gasteiger partial charge in [0.25, 0.3) is 0 Å². The van der Waals surface area contributed by atoms with E-state index in [-0.39, 0.29) is 47.2 Å². The first kappa shape index (κ1) is 46.7. The largest absolute Gasteiger partial charge is 0.416 e. The zero-order chi connectivity index (χ0) is 39.5. The standard InChI is InChI=1S/C35H40F12P2.C5H10.Fe/c1-21(48(26-9-4-2-5-10-26)27-11-6-3-7-12-27)30-13-8-14-31(30)49(28-17-22(32(36,37)38)15-23(18-28)33(39,40)41)29-19-24(34(42,43)44)16-25(20-29)35(45,46)47;1-2-4-5-3-1;/h15-21,26-27,30-31H,2-14H2,1H3;1-5H2;/t21-,30?,31?;;/m1../s1. The van der Waals surface area contributed by atoms with E-state index < -0.39 is 79.1 Å². The van der Waals surface area contributed by atoms with Crippen LogP contribution in [0.4, 0.5) is 52.7 Å². The van der Waals surface area contributed by atoms with Crippen molar-refractivity contribution < 1.29 is 69.8 Å². The van der Waals surface area contributed by atoms with Crippen molar-refractivity contribution in [3.63, 3.8) is 0 Å².